The van der Waals surface area contributed by atoms with Crippen LogP contribution in [0.2, 0.25) is 0 Å². The van der Waals surface area contributed by atoms with Gasteiger partial charge < -0.3 is 9.47 Å². The number of rotatable bonds is 7. The van der Waals surface area contributed by atoms with E-state index in [1.165, 1.54) is 0 Å². The molecule has 0 bridgehead atoms. The minimum Gasteiger partial charge on any atom is -0.366 e. The summed E-state index contributed by atoms with van der Waals surface area (Å²) >= 11 is 10.5. The van der Waals surface area contributed by atoms with Gasteiger partial charge in [-0.25, -0.2) is 0 Å². The third-order valence-corrected chi connectivity index (χ3v) is 1.29. The van der Waals surface area contributed by atoms with Gasteiger partial charge >= 0.3 is 0 Å². The second-order valence-corrected chi connectivity index (χ2v) is 2.18. The SMILES string of the molecule is ClCOCCCCOCCl. The van der Waals surface area contributed by atoms with Crippen LogP contribution in [0.15, 0.2) is 0 Å². The first-order chi connectivity index (χ1) is 4.91. The monoisotopic (exact) mass is 186 g/mol. The molecular weight excluding hydrogens is 175 g/mol. The molecule has 0 saturated carbocycles. The van der Waals surface area contributed by atoms with E-state index in [9.17, 15) is 0 Å². The van der Waals surface area contributed by atoms with Crippen molar-refractivity contribution in [2.75, 3.05) is 25.3 Å². The second-order valence-electron chi connectivity index (χ2n) is 1.74. The largest absolute Gasteiger partial charge is 0.366 e. The van der Waals surface area contributed by atoms with Crippen LogP contribution in [0.5, 0.6) is 0 Å². The zero-order valence-corrected chi connectivity index (χ0v) is 7.33. The van der Waals surface area contributed by atoms with E-state index in [0.29, 0.717) is 13.2 Å². The average Bonchev–Trinajstić information content (AvgIpc) is 1.97. The molecule has 0 amide bonds. The number of ether oxygens (including phenoxy) is 2. The van der Waals surface area contributed by atoms with Gasteiger partial charge in [0, 0.05) is 13.2 Å². The Morgan fingerprint density at radius 3 is 1.50 bits per heavy atom. The van der Waals surface area contributed by atoms with Gasteiger partial charge in [-0.1, -0.05) is 23.2 Å². The molecule has 0 aliphatic carbocycles. The van der Waals surface area contributed by atoms with Crippen molar-refractivity contribution in [3.05, 3.63) is 0 Å². The minimum atomic E-state index is 0.274. The fourth-order valence-electron chi connectivity index (χ4n) is 0.517. The first kappa shape index (κ1) is 10.5. The molecule has 0 N–H and O–H groups in total. The topological polar surface area (TPSA) is 18.5 Å². The molecule has 0 aromatic rings. The Kier molecular flexibility index (Phi) is 9.97. The summed E-state index contributed by atoms with van der Waals surface area (Å²) in [5.41, 5.74) is 0. The van der Waals surface area contributed by atoms with E-state index in [1.54, 1.807) is 0 Å². The molecule has 0 unspecified atom stereocenters. The summed E-state index contributed by atoms with van der Waals surface area (Å²) in [5, 5.41) is 0. The van der Waals surface area contributed by atoms with Crippen LogP contribution in [0.25, 0.3) is 0 Å². The quantitative estimate of drug-likeness (QED) is 0.449. The Labute approximate surface area is 71.4 Å². The van der Waals surface area contributed by atoms with Crippen LogP contribution in [-0.4, -0.2) is 25.3 Å². The number of halogens is 2. The molecule has 0 atom stereocenters. The van der Waals surface area contributed by atoms with Crippen molar-refractivity contribution in [2.24, 2.45) is 0 Å². The first-order valence-electron chi connectivity index (χ1n) is 3.19. The summed E-state index contributed by atoms with van der Waals surface area (Å²) in [6, 6.07) is 0.548. The fourth-order valence-corrected chi connectivity index (χ4v) is 0.736. The molecule has 0 aliphatic heterocycles. The van der Waals surface area contributed by atoms with E-state index in [2.05, 4.69) is 0 Å². The lowest BCUT2D eigenvalue weighted by Crippen LogP contribution is -1.96. The molecule has 4 heteroatoms. The zero-order valence-electron chi connectivity index (χ0n) is 5.82. The van der Waals surface area contributed by atoms with E-state index < -0.39 is 0 Å². The van der Waals surface area contributed by atoms with Gasteiger partial charge in [0.15, 0.2) is 0 Å². The summed E-state index contributed by atoms with van der Waals surface area (Å²) in [6.07, 6.45) is 1.95. The Morgan fingerprint density at radius 2 is 1.20 bits per heavy atom. The molecular formula is C6H12Cl2O2. The summed E-state index contributed by atoms with van der Waals surface area (Å²) in [7, 11) is 0. The summed E-state index contributed by atoms with van der Waals surface area (Å²) in [4.78, 5) is 0. The predicted molar refractivity (Wildman–Crippen MR) is 42.6 cm³/mol. The van der Waals surface area contributed by atoms with E-state index in [-0.39, 0.29) is 12.1 Å². The van der Waals surface area contributed by atoms with Crippen molar-refractivity contribution in [2.45, 2.75) is 12.8 Å². The third kappa shape index (κ3) is 8.50. The van der Waals surface area contributed by atoms with E-state index in [1.807, 2.05) is 0 Å². The molecule has 0 radical (unpaired) electrons. The highest BCUT2D eigenvalue weighted by atomic mass is 35.5. The lowest BCUT2D eigenvalue weighted by atomic mass is 10.3. The van der Waals surface area contributed by atoms with Crippen LogP contribution >= 0.6 is 23.2 Å². The molecule has 0 aliphatic rings. The molecule has 10 heavy (non-hydrogen) atoms. The third-order valence-electron chi connectivity index (χ3n) is 0.982. The van der Waals surface area contributed by atoms with Crippen molar-refractivity contribution < 1.29 is 9.47 Å². The van der Waals surface area contributed by atoms with Crippen molar-refractivity contribution in [1.82, 2.24) is 0 Å². The van der Waals surface area contributed by atoms with Gasteiger partial charge in [-0.05, 0) is 12.8 Å². The van der Waals surface area contributed by atoms with Gasteiger partial charge in [-0.3, -0.25) is 0 Å². The Bertz CT molecular complexity index is 53.7. The lowest BCUT2D eigenvalue weighted by Gasteiger charge is -1.99. The summed E-state index contributed by atoms with van der Waals surface area (Å²) < 4.78 is 9.78. The smallest absolute Gasteiger partial charge is 0.120 e. The van der Waals surface area contributed by atoms with Crippen LogP contribution in [0.4, 0.5) is 0 Å². The van der Waals surface area contributed by atoms with E-state index >= 15 is 0 Å². The zero-order chi connectivity index (χ0) is 7.66. The maximum atomic E-state index is 5.27. The van der Waals surface area contributed by atoms with Crippen LogP contribution in [-0.2, 0) is 9.47 Å². The van der Waals surface area contributed by atoms with Crippen molar-refractivity contribution >= 4 is 23.2 Å². The Balaban J connectivity index is 2.65. The molecule has 2 nitrogen and oxygen atoms in total. The molecule has 0 aromatic carbocycles. The normalized spacial score (nSPS) is 10.2. The Morgan fingerprint density at radius 1 is 0.800 bits per heavy atom. The van der Waals surface area contributed by atoms with Gasteiger partial charge in [-0.2, -0.15) is 0 Å². The maximum absolute atomic E-state index is 5.27. The summed E-state index contributed by atoms with van der Waals surface area (Å²) in [5.74, 6) is 0. The predicted octanol–water partition coefficient (Wildman–Crippen LogP) is 2.19. The highest BCUT2D eigenvalue weighted by molar-refractivity contribution is 6.17. The van der Waals surface area contributed by atoms with E-state index in [0.717, 1.165) is 12.8 Å². The second kappa shape index (κ2) is 9.50. The average molecular weight is 187 g/mol. The highest BCUT2D eigenvalue weighted by Gasteiger charge is 1.87. The number of hydrogen-bond donors (Lipinski definition) is 0. The first-order valence-corrected chi connectivity index (χ1v) is 4.26. The fraction of sp³-hybridized carbons (Fsp3) is 1.00. The standard InChI is InChI=1S/C6H12Cl2O2/c7-5-9-3-1-2-4-10-6-8/h1-6H2. The number of unbranched alkanes of at least 4 members (excludes halogenated alkanes) is 1. The lowest BCUT2D eigenvalue weighted by molar-refractivity contribution is 0.142. The van der Waals surface area contributed by atoms with Gasteiger partial charge in [-0.15, -0.1) is 0 Å². The minimum absolute atomic E-state index is 0.274. The summed E-state index contributed by atoms with van der Waals surface area (Å²) in [6.45, 7) is 1.41. The Hall–Kier alpha value is 0.500. The molecule has 0 rings (SSSR count). The van der Waals surface area contributed by atoms with Crippen LogP contribution in [0, 0.1) is 0 Å². The van der Waals surface area contributed by atoms with E-state index in [4.69, 9.17) is 32.7 Å². The van der Waals surface area contributed by atoms with Crippen molar-refractivity contribution in [3.63, 3.8) is 0 Å². The van der Waals surface area contributed by atoms with Crippen LogP contribution in [0.3, 0.4) is 0 Å². The molecule has 0 saturated heterocycles. The van der Waals surface area contributed by atoms with Crippen LogP contribution < -0.4 is 0 Å². The van der Waals surface area contributed by atoms with Gasteiger partial charge in [0.1, 0.15) is 12.1 Å². The molecule has 0 aromatic heterocycles. The van der Waals surface area contributed by atoms with Gasteiger partial charge in [0.05, 0.1) is 0 Å². The number of hydrogen-bond acceptors (Lipinski definition) is 2. The van der Waals surface area contributed by atoms with Gasteiger partial charge in [0.25, 0.3) is 0 Å². The van der Waals surface area contributed by atoms with Crippen molar-refractivity contribution in [1.29, 1.82) is 0 Å². The maximum Gasteiger partial charge on any atom is 0.120 e. The highest BCUT2D eigenvalue weighted by Crippen LogP contribution is 1.92. The van der Waals surface area contributed by atoms with Crippen LogP contribution in [0.1, 0.15) is 12.8 Å². The van der Waals surface area contributed by atoms with Gasteiger partial charge in [0.2, 0.25) is 0 Å². The van der Waals surface area contributed by atoms with Crippen molar-refractivity contribution in [3.8, 4) is 0 Å². The molecule has 62 valence electrons. The number of alkyl halides is 2. The molecule has 0 heterocycles. The molecule has 0 fully saturated rings. The molecule has 0 spiro atoms.